The second-order valence-corrected chi connectivity index (χ2v) is 5.21. The topological polar surface area (TPSA) is 46.9 Å². The van der Waals surface area contributed by atoms with Gasteiger partial charge in [0.15, 0.2) is 0 Å². The van der Waals surface area contributed by atoms with Crippen molar-refractivity contribution in [1.82, 2.24) is 9.78 Å². The van der Waals surface area contributed by atoms with E-state index in [1.54, 1.807) is 48.0 Å². The van der Waals surface area contributed by atoms with Crippen LogP contribution in [0.25, 0.3) is 5.69 Å². The van der Waals surface area contributed by atoms with Gasteiger partial charge in [0, 0.05) is 11.3 Å². The number of nitrogens with zero attached hydrogens (tertiary/aromatic N) is 2. The summed E-state index contributed by atoms with van der Waals surface area (Å²) in [7, 11) is 0. The molecule has 0 saturated carbocycles. The number of aromatic nitrogens is 2. The molecular weight excluding hydrogens is 305 g/mol. The summed E-state index contributed by atoms with van der Waals surface area (Å²) in [6.07, 6.45) is 6.85. The average molecular weight is 319 g/mol. The van der Waals surface area contributed by atoms with Gasteiger partial charge in [0.2, 0.25) is 0 Å². The molecule has 24 heavy (non-hydrogen) atoms. The highest BCUT2D eigenvalue weighted by Crippen LogP contribution is 2.17. The molecule has 1 amide bonds. The van der Waals surface area contributed by atoms with E-state index >= 15 is 0 Å². The van der Waals surface area contributed by atoms with Gasteiger partial charge in [0.05, 0.1) is 23.1 Å². The molecule has 3 rings (SSSR count). The maximum absolute atomic E-state index is 13.0. The van der Waals surface area contributed by atoms with E-state index in [4.69, 9.17) is 6.42 Å². The van der Waals surface area contributed by atoms with Crippen molar-refractivity contribution in [2.75, 3.05) is 5.32 Å². The molecule has 0 aliphatic carbocycles. The standard InChI is InChI=1S/C19H14FN3O/c1-3-14-5-4-6-16(11-14)22-19(24)18-12-21-23(13(18)2)17-9-7-15(20)8-10-17/h1,4-12H,2H3,(H,22,24). The quantitative estimate of drug-likeness (QED) is 0.751. The van der Waals surface area contributed by atoms with Gasteiger partial charge in [-0.2, -0.15) is 5.10 Å². The number of benzene rings is 2. The molecule has 2 aromatic carbocycles. The first-order valence-corrected chi connectivity index (χ1v) is 7.27. The Labute approximate surface area is 138 Å². The van der Waals surface area contributed by atoms with Crippen LogP contribution in [-0.2, 0) is 0 Å². The molecule has 0 atom stereocenters. The summed E-state index contributed by atoms with van der Waals surface area (Å²) in [5.74, 6) is 1.92. The number of amides is 1. The van der Waals surface area contributed by atoms with Crippen molar-refractivity contribution in [2.45, 2.75) is 6.92 Å². The van der Waals surface area contributed by atoms with Gasteiger partial charge >= 0.3 is 0 Å². The second kappa shape index (κ2) is 6.39. The van der Waals surface area contributed by atoms with Crippen LogP contribution in [0, 0.1) is 25.1 Å². The zero-order chi connectivity index (χ0) is 17.1. The lowest BCUT2D eigenvalue weighted by atomic mass is 10.2. The first kappa shape index (κ1) is 15.5. The highest BCUT2D eigenvalue weighted by atomic mass is 19.1. The molecule has 5 heteroatoms. The number of hydrogen-bond donors (Lipinski definition) is 1. The van der Waals surface area contributed by atoms with E-state index in [2.05, 4.69) is 16.3 Å². The Morgan fingerprint density at radius 3 is 2.71 bits per heavy atom. The Kier molecular flexibility index (Phi) is 4.13. The van der Waals surface area contributed by atoms with Crippen LogP contribution in [0.15, 0.2) is 54.7 Å². The maximum Gasteiger partial charge on any atom is 0.259 e. The minimum absolute atomic E-state index is 0.282. The van der Waals surface area contributed by atoms with Crippen molar-refractivity contribution in [2.24, 2.45) is 0 Å². The molecule has 0 aliphatic heterocycles. The monoisotopic (exact) mass is 319 g/mol. The molecule has 0 unspecified atom stereocenters. The minimum atomic E-state index is -0.324. The highest BCUT2D eigenvalue weighted by Gasteiger charge is 2.15. The van der Waals surface area contributed by atoms with Gasteiger partial charge < -0.3 is 5.32 Å². The highest BCUT2D eigenvalue weighted by molar-refractivity contribution is 6.05. The van der Waals surface area contributed by atoms with Gasteiger partial charge in [0.25, 0.3) is 5.91 Å². The Balaban J connectivity index is 1.86. The van der Waals surface area contributed by atoms with Crippen LogP contribution in [0.4, 0.5) is 10.1 Å². The van der Waals surface area contributed by atoms with Crippen LogP contribution in [0.5, 0.6) is 0 Å². The van der Waals surface area contributed by atoms with Crippen molar-refractivity contribution < 1.29 is 9.18 Å². The SMILES string of the molecule is C#Cc1cccc(NC(=O)c2cnn(-c3ccc(F)cc3)c2C)c1. The number of carbonyl (C=O) groups is 1. The van der Waals surface area contributed by atoms with E-state index in [0.717, 1.165) is 0 Å². The van der Waals surface area contributed by atoms with Gasteiger partial charge in [-0.3, -0.25) is 4.79 Å². The zero-order valence-electron chi connectivity index (χ0n) is 13.0. The second-order valence-electron chi connectivity index (χ2n) is 5.21. The van der Waals surface area contributed by atoms with Gasteiger partial charge in [0.1, 0.15) is 5.82 Å². The van der Waals surface area contributed by atoms with Crippen LogP contribution >= 0.6 is 0 Å². The molecule has 4 nitrogen and oxygen atoms in total. The Hall–Kier alpha value is -3.39. The zero-order valence-corrected chi connectivity index (χ0v) is 13.0. The summed E-state index contributed by atoms with van der Waals surface area (Å²) in [6.45, 7) is 1.78. The molecule has 3 aromatic rings. The fourth-order valence-electron chi connectivity index (χ4n) is 2.36. The number of carbonyl (C=O) groups excluding carboxylic acids is 1. The minimum Gasteiger partial charge on any atom is -0.322 e. The van der Waals surface area contributed by atoms with Crippen LogP contribution in [-0.4, -0.2) is 15.7 Å². The first-order valence-electron chi connectivity index (χ1n) is 7.27. The van der Waals surface area contributed by atoms with Crippen LogP contribution in [0.1, 0.15) is 21.6 Å². The smallest absolute Gasteiger partial charge is 0.259 e. The Morgan fingerprint density at radius 2 is 2.00 bits per heavy atom. The summed E-state index contributed by atoms with van der Waals surface area (Å²) in [6, 6.07) is 13.0. The summed E-state index contributed by atoms with van der Waals surface area (Å²) in [5, 5.41) is 7.01. The number of hydrogen-bond acceptors (Lipinski definition) is 2. The number of rotatable bonds is 3. The molecule has 0 saturated heterocycles. The van der Waals surface area contributed by atoms with Crippen LogP contribution in [0.3, 0.4) is 0 Å². The molecule has 1 heterocycles. The van der Waals surface area contributed by atoms with Crippen molar-refractivity contribution in [3.63, 3.8) is 0 Å². The molecule has 118 valence electrons. The maximum atomic E-state index is 13.0. The predicted octanol–water partition coefficient (Wildman–Crippen LogP) is 3.55. The van der Waals surface area contributed by atoms with E-state index < -0.39 is 0 Å². The third-order valence-electron chi connectivity index (χ3n) is 3.61. The number of anilines is 1. The van der Waals surface area contributed by atoms with Crippen molar-refractivity contribution in [1.29, 1.82) is 0 Å². The van der Waals surface area contributed by atoms with Gasteiger partial charge in [-0.1, -0.05) is 12.0 Å². The van der Waals surface area contributed by atoms with E-state index in [-0.39, 0.29) is 11.7 Å². The van der Waals surface area contributed by atoms with Crippen molar-refractivity contribution in [3.8, 4) is 18.0 Å². The predicted molar refractivity (Wildman–Crippen MR) is 90.6 cm³/mol. The fraction of sp³-hybridized carbons (Fsp3) is 0.0526. The molecular formula is C19H14FN3O. The molecule has 0 fully saturated rings. The van der Waals surface area contributed by atoms with Crippen LogP contribution < -0.4 is 5.32 Å². The summed E-state index contributed by atoms with van der Waals surface area (Å²) in [4.78, 5) is 12.5. The van der Waals surface area contributed by atoms with Gasteiger partial charge in [-0.05, 0) is 49.4 Å². The lowest BCUT2D eigenvalue weighted by molar-refractivity contribution is 0.102. The molecule has 1 N–H and O–H groups in total. The number of halogens is 1. The average Bonchev–Trinajstić information content (AvgIpc) is 2.97. The third kappa shape index (κ3) is 3.03. The summed E-state index contributed by atoms with van der Waals surface area (Å²) < 4.78 is 14.6. The Bertz CT molecular complexity index is 936. The summed E-state index contributed by atoms with van der Waals surface area (Å²) in [5.41, 5.74) is 3.08. The fourth-order valence-corrected chi connectivity index (χ4v) is 2.36. The number of terminal acetylenes is 1. The molecule has 0 radical (unpaired) electrons. The van der Waals surface area contributed by atoms with Crippen LogP contribution in [0.2, 0.25) is 0 Å². The molecule has 0 aliphatic rings. The number of nitrogens with one attached hydrogen (secondary N) is 1. The van der Waals surface area contributed by atoms with E-state index in [0.29, 0.717) is 28.2 Å². The van der Waals surface area contributed by atoms with Gasteiger partial charge in [-0.25, -0.2) is 9.07 Å². The van der Waals surface area contributed by atoms with E-state index in [1.807, 2.05) is 0 Å². The lowest BCUT2D eigenvalue weighted by Gasteiger charge is -2.07. The molecule has 0 bridgehead atoms. The Morgan fingerprint density at radius 1 is 1.25 bits per heavy atom. The molecule has 1 aromatic heterocycles. The molecule has 0 spiro atoms. The normalized spacial score (nSPS) is 10.2. The first-order chi connectivity index (χ1) is 11.6. The largest absolute Gasteiger partial charge is 0.322 e. The van der Waals surface area contributed by atoms with Crippen molar-refractivity contribution >= 4 is 11.6 Å². The van der Waals surface area contributed by atoms with E-state index in [1.165, 1.54) is 18.3 Å². The van der Waals surface area contributed by atoms with Gasteiger partial charge in [-0.15, -0.1) is 6.42 Å². The third-order valence-corrected chi connectivity index (χ3v) is 3.61. The van der Waals surface area contributed by atoms with E-state index in [9.17, 15) is 9.18 Å². The summed E-state index contributed by atoms with van der Waals surface area (Å²) >= 11 is 0. The van der Waals surface area contributed by atoms with Crippen molar-refractivity contribution in [3.05, 3.63) is 77.4 Å². The lowest BCUT2D eigenvalue weighted by Crippen LogP contribution is -2.13.